The van der Waals surface area contributed by atoms with E-state index in [1.54, 1.807) is 33.8 Å². The first kappa shape index (κ1) is 14.8. The lowest BCUT2D eigenvalue weighted by Gasteiger charge is -2.10. The molecule has 0 saturated heterocycles. The standard InChI is InChI=1S/C12H20O4/c1-5-9(4)11(14)6-10(13)7-12(15)16-8(2)3/h5,8,11,14H,6-7H2,1-4H3/b9-5+. The summed E-state index contributed by atoms with van der Waals surface area (Å²) < 4.78 is 4.83. The summed E-state index contributed by atoms with van der Waals surface area (Å²) in [5.74, 6) is -0.843. The fraction of sp³-hybridized carbons (Fsp3) is 0.667. The molecule has 92 valence electrons. The van der Waals surface area contributed by atoms with Gasteiger partial charge in [-0.1, -0.05) is 6.08 Å². The van der Waals surface area contributed by atoms with Crippen LogP contribution in [0.25, 0.3) is 0 Å². The number of carbonyl (C=O) groups is 2. The summed E-state index contributed by atoms with van der Waals surface area (Å²) in [7, 11) is 0. The molecule has 4 heteroatoms. The van der Waals surface area contributed by atoms with Gasteiger partial charge in [-0.05, 0) is 33.3 Å². The summed E-state index contributed by atoms with van der Waals surface area (Å²) in [6, 6.07) is 0. The van der Waals surface area contributed by atoms with Gasteiger partial charge < -0.3 is 9.84 Å². The zero-order valence-electron chi connectivity index (χ0n) is 10.3. The zero-order valence-corrected chi connectivity index (χ0v) is 10.3. The second-order valence-electron chi connectivity index (χ2n) is 4.01. The van der Waals surface area contributed by atoms with Gasteiger partial charge in [-0.2, -0.15) is 0 Å². The number of esters is 1. The second kappa shape index (κ2) is 7.17. The summed E-state index contributed by atoms with van der Waals surface area (Å²) in [6.45, 7) is 6.98. The molecule has 0 aromatic carbocycles. The molecule has 0 saturated carbocycles. The Hall–Kier alpha value is -1.16. The predicted octanol–water partition coefficient (Wildman–Crippen LogP) is 1.61. The first-order chi connectivity index (χ1) is 7.36. The number of aliphatic hydroxyl groups excluding tert-OH is 1. The molecule has 0 radical (unpaired) electrons. The van der Waals surface area contributed by atoms with Crippen molar-refractivity contribution in [3.05, 3.63) is 11.6 Å². The van der Waals surface area contributed by atoms with Crippen LogP contribution >= 0.6 is 0 Å². The van der Waals surface area contributed by atoms with E-state index in [4.69, 9.17) is 4.74 Å². The van der Waals surface area contributed by atoms with Crippen LogP contribution in [0.1, 0.15) is 40.5 Å². The molecule has 1 atom stereocenters. The van der Waals surface area contributed by atoms with Crippen molar-refractivity contribution in [2.45, 2.75) is 52.7 Å². The van der Waals surface area contributed by atoms with Gasteiger partial charge in [-0.3, -0.25) is 9.59 Å². The Bertz CT molecular complexity index is 279. The highest BCUT2D eigenvalue weighted by Gasteiger charge is 2.16. The van der Waals surface area contributed by atoms with E-state index in [9.17, 15) is 14.7 Å². The van der Waals surface area contributed by atoms with Gasteiger partial charge in [-0.15, -0.1) is 0 Å². The Labute approximate surface area is 96.3 Å². The van der Waals surface area contributed by atoms with Crippen LogP contribution in [-0.2, 0) is 14.3 Å². The fourth-order valence-corrected chi connectivity index (χ4v) is 1.11. The molecule has 16 heavy (non-hydrogen) atoms. The van der Waals surface area contributed by atoms with Crippen molar-refractivity contribution in [1.82, 2.24) is 0 Å². The third-order valence-electron chi connectivity index (χ3n) is 2.11. The second-order valence-corrected chi connectivity index (χ2v) is 4.01. The third kappa shape index (κ3) is 6.35. The fourth-order valence-electron chi connectivity index (χ4n) is 1.11. The number of hydrogen-bond donors (Lipinski definition) is 1. The average molecular weight is 228 g/mol. The van der Waals surface area contributed by atoms with Crippen LogP contribution in [0.15, 0.2) is 11.6 Å². The molecule has 0 aliphatic heterocycles. The Balaban J connectivity index is 4.04. The molecular weight excluding hydrogens is 208 g/mol. The van der Waals surface area contributed by atoms with Gasteiger partial charge in [0.15, 0.2) is 0 Å². The van der Waals surface area contributed by atoms with Crippen LogP contribution in [0.5, 0.6) is 0 Å². The van der Waals surface area contributed by atoms with Crippen molar-refractivity contribution in [3.63, 3.8) is 0 Å². The van der Waals surface area contributed by atoms with Gasteiger partial charge >= 0.3 is 5.97 Å². The minimum Gasteiger partial charge on any atom is -0.463 e. The minimum atomic E-state index is -0.802. The van der Waals surface area contributed by atoms with Crippen molar-refractivity contribution in [2.24, 2.45) is 0 Å². The maximum atomic E-state index is 11.4. The van der Waals surface area contributed by atoms with Crippen molar-refractivity contribution in [2.75, 3.05) is 0 Å². The molecule has 1 unspecified atom stereocenters. The van der Waals surface area contributed by atoms with Crippen LogP contribution in [0.2, 0.25) is 0 Å². The van der Waals surface area contributed by atoms with Gasteiger partial charge in [0, 0.05) is 6.42 Å². The lowest BCUT2D eigenvalue weighted by molar-refractivity contribution is -0.149. The number of ether oxygens (including phenoxy) is 1. The molecule has 0 heterocycles. The summed E-state index contributed by atoms with van der Waals surface area (Å²) in [5.41, 5.74) is 0.727. The highest BCUT2D eigenvalue weighted by atomic mass is 16.5. The quantitative estimate of drug-likeness (QED) is 0.426. The molecule has 0 fully saturated rings. The van der Waals surface area contributed by atoms with Crippen molar-refractivity contribution < 1.29 is 19.4 Å². The van der Waals surface area contributed by atoms with Gasteiger partial charge in [-0.25, -0.2) is 0 Å². The topological polar surface area (TPSA) is 63.6 Å². The van der Waals surface area contributed by atoms with Crippen molar-refractivity contribution in [3.8, 4) is 0 Å². The van der Waals surface area contributed by atoms with Gasteiger partial charge in [0.05, 0.1) is 12.2 Å². The summed E-state index contributed by atoms with van der Waals surface area (Å²) in [6.07, 6.45) is 0.409. The van der Waals surface area contributed by atoms with E-state index in [2.05, 4.69) is 0 Å². The van der Waals surface area contributed by atoms with E-state index in [0.717, 1.165) is 5.57 Å². The number of carbonyl (C=O) groups excluding carboxylic acids is 2. The number of Topliss-reactive ketones (excluding diaryl/α,β-unsaturated/α-hetero) is 1. The Kier molecular flexibility index (Phi) is 6.65. The molecular formula is C12H20O4. The summed E-state index contributed by atoms with van der Waals surface area (Å²) in [5, 5.41) is 9.54. The van der Waals surface area contributed by atoms with E-state index < -0.39 is 12.1 Å². The number of aliphatic hydroxyl groups is 1. The van der Waals surface area contributed by atoms with E-state index in [0.29, 0.717) is 0 Å². The van der Waals surface area contributed by atoms with Gasteiger partial charge in [0.2, 0.25) is 0 Å². The highest BCUT2D eigenvalue weighted by molar-refractivity contribution is 5.95. The van der Waals surface area contributed by atoms with E-state index >= 15 is 0 Å². The summed E-state index contributed by atoms with van der Waals surface area (Å²) in [4.78, 5) is 22.5. The predicted molar refractivity (Wildman–Crippen MR) is 60.9 cm³/mol. The molecule has 4 nitrogen and oxygen atoms in total. The maximum absolute atomic E-state index is 11.4. The van der Waals surface area contributed by atoms with Crippen LogP contribution in [-0.4, -0.2) is 29.1 Å². The van der Waals surface area contributed by atoms with Crippen LogP contribution in [0.3, 0.4) is 0 Å². The maximum Gasteiger partial charge on any atom is 0.313 e. The van der Waals surface area contributed by atoms with Crippen LogP contribution in [0, 0.1) is 0 Å². The molecule has 0 rings (SSSR count). The normalized spacial score (nSPS) is 13.8. The first-order valence-electron chi connectivity index (χ1n) is 5.38. The van der Waals surface area contributed by atoms with E-state index in [-0.39, 0.29) is 24.7 Å². The van der Waals surface area contributed by atoms with Crippen molar-refractivity contribution >= 4 is 11.8 Å². The SMILES string of the molecule is C/C=C(\C)C(O)CC(=O)CC(=O)OC(C)C. The molecule has 0 aromatic rings. The molecule has 0 aliphatic rings. The Morgan fingerprint density at radius 2 is 1.94 bits per heavy atom. The molecule has 1 N–H and O–H groups in total. The Morgan fingerprint density at radius 3 is 2.38 bits per heavy atom. The molecule has 0 amide bonds. The smallest absolute Gasteiger partial charge is 0.313 e. The van der Waals surface area contributed by atoms with Crippen LogP contribution < -0.4 is 0 Å². The van der Waals surface area contributed by atoms with E-state index in [1.807, 2.05) is 0 Å². The molecule has 0 aliphatic carbocycles. The number of ketones is 1. The summed E-state index contributed by atoms with van der Waals surface area (Å²) >= 11 is 0. The van der Waals surface area contributed by atoms with E-state index in [1.165, 1.54) is 0 Å². The number of rotatable bonds is 6. The lowest BCUT2D eigenvalue weighted by atomic mass is 10.0. The van der Waals surface area contributed by atoms with Gasteiger partial charge in [0.25, 0.3) is 0 Å². The minimum absolute atomic E-state index is 0.0383. The highest BCUT2D eigenvalue weighted by Crippen LogP contribution is 2.07. The monoisotopic (exact) mass is 228 g/mol. The number of hydrogen-bond acceptors (Lipinski definition) is 4. The molecule has 0 spiro atoms. The van der Waals surface area contributed by atoms with Crippen molar-refractivity contribution in [1.29, 1.82) is 0 Å². The average Bonchev–Trinajstić information content (AvgIpc) is 2.14. The third-order valence-corrected chi connectivity index (χ3v) is 2.11. The molecule has 0 aromatic heterocycles. The molecule has 0 bridgehead atoms. The lowest BCUT2D eigenvalue weighted by Crippen LogP contribution is -2.20. The van der Waals surface area contributed by atoms with Crippen LogP contribution in [0.4, 0.5) is 0 Å². The number of allylic oxidation sites excluding steroid dienone is 1. The Morgan fingerprint density at radius 1 is 1.38 bits per heavy atom. The first-order valence-corrected chi connectivity index (χ1v) is 5.38. The van der Waals surface area contributed by atoms with Gasteiger partial charge in [0.1, 0.15) is 12.2 Å². The zero-order chi connectivity index (χ0) is 12.7. The largest absolute Gasteiger partial charge is 0.463 e.